The molecule has 0 aliphatic heterocycles. The van der Waals surface area contributed by atoms with Crippen LogP contribution in [0.3, 0.4) is 0 Å². The van der Waals surface area contributed by atoms with Crippen molar-refractivity contribution in [1.29, 1.82) is 0 Å². The molecule has 1 heterocycles. The zero-order valence-corrected chi connectivity index (χ0v) is 9.95. The first-order valence-corrected chi connectivity index (χ1v) is 5.67. The minimum Gasteiger partial charge on any atom is -0.467 e. The summed E-state index contributed by atoms with van der Waals surface area (Å²) in [5.74, 6) is 0.728. The van der Waals surface area contributed by atoms with E-state index in [1.54, 1.807) is 12.3 Å². The molecule has 0 bridgehead atoms. The van der Waals surface area contributed by atoms with Crippen molar-refractivity contribution >= 4 is 5.91 Å². The van der Waals surface area contributed by atoms with Gasteiger partial charge in [-0.25, -0.2) is 0 Å². The maximum Gasteiger partial charge on any atom is 0.222 e. The monoisotopic (exact) mass is 224 g/mol. The Kier molecular flexibility index (Phi) is 4.55. The average molecular weight is 224 g/mol. The van der Waals surface area contributed by atoms with Crippen LogP contribution in [0.2, 0.25) is 0 Å². The van der Waals surface area contributed by atoms with Crippen molar-refractivity contribution in [3.05, 3.63) is 24.2 Å². The molecule has 0 aliphatic rings. The van der Waals surface area contributed by atoms with E-state index in [2.05, 4.69) is 5.32 Å². The highest BCUT2D eigenvalue weighted by Gasteiger charge is 2.23. The van der Waals surface area contributed by atoms with Gasteiger partial charge in [0, 0.05) is 12.0 Å². The first kappa shape index (κ1) is 12.8. The van der Waals surface area contributed by atoms with Gasteiger partial charge in [-0.05, 0) is 25.0 Å². The standard InChI is InChI=1S/C12H20N2O2/c1-3-12(13,4-2)8-11(15)14-9-10-6-5-7-16-10/h5-7H,3-4,8-9,13H2,1-2H3,(H,14,15). The zero-order chi connectivity index (χ0) is 12.0. The number of nitrogens with one attached hydrogen (secondary N) is 1. The minimum absolute atomic E-state index is 0.0254. The van der Waals surface area contributed by atoms with Gasteiger partial charge in [0.1, 0.15) is 5.76 Å². The van der Waals surface area contributed by atoms with Crippen molar-refractivity contribution in [3.8, 4) is 0 Å². The number of rotatable bonds is 6. The average Bonchev–Trinajstić information content (AvgIpc) is 2.79. The molecule has 0 unspecified atom stereocenters. The number of amides is 1. The Balaban J connectivity index is 2.36. The SMILES string of the molecule is CCC(N)(CC)CC(=O)NCc1ccco1. The summed E-state index contributed by atoms with van der Waals surface area (Å²) in [5.41, 5.74) is 5.68. The van der Waals surface area contributed by atoms with E-state index in [9.17, 15) is 4.79 Å². The van der Waals surface area contributed by atoms with E-state index in [0.717, 1.165) is 18.6 Å². The maximum absolute atomic E-state index is 11.6. The van der Waals surface area contributed by atoms with Crippen molar-refractivity contribution in [2.24, 2.45) is 5.73 Å². The van der Waals surface area contributed by atoms with Crippen LogP contribution in [-0.4, -0.2) is 11.4 Å². The molecule has 0 aromatic carbocycles. The van der Waals surface area contributed by atoms with E-state index in [0.29, 0.717) is 13.0 Å². The van der Waals surface area contributed by atoms with Crippen LogP contribution in [0.25, 0.3) is 0 Å². The molecule has 0 radical (unpaired) electrons. The molecule has 1 aromatic heterocycles. The number of carbonyl (C=O) groups is 1. The summed E-state index contributed by atoms with van der Waals surface area (Å²) in [6.07, 6.45) is 3.56. The van der Waals surface area contributed by atoms with Gasteiger partial charge < -0.3 is 15.5 Å². The predicted molar refractivity (Wildman–Crippen MR) is 62.7 cm³/mol. The highest BCUT2D eigenvalue weighted by molar-refractivity contribution is 5.77. The second-order valence-corrected chi connectivity index (χ2v) is 4.10. The molecule has 4 heteroatoms. The van der Waals surface area contributed by atoms with Gasteiger partial charge in [0.15, 0.2) is 0 Å². The smallest absolute Gasteiger partial charge is 0.222 e. The van der Waals surface area contributed by atoms with E-state index in [1.165, 1.54) is 0 Å². The zero-order valence-electron chi connectivity index (χ0n) is 9.95. The number of hydrogen-bond donors (Lipinski definition) is 2. The minimum atomic E-state index is -0.382. The second kappa shape index (κ2) is 5.70. The Morgan fingerprint density at radius 2 is 2.19 bits per heavy atom. The molecule has 0 spiro atoms. The second-order valence-electron chi connectivity index (χ2n) is 4.10. The van der Waals surface area contributed by atoms with E-state index in [1.807, 2.05) is 19.9 Å². The van der Waals surface area contributed by atoms with Crippen LogP contribution in [0.15, 0.2) is 22.8 Å². The molecule has 16 heavy (non-hydrogen) atoms. The lowest BCUT2D eigenvalue weighted by Gasteiger charge is -2.25. The van der Waals surface area contributed by atoms with E-state index < -0.39 is 0 Å². The Morgan fingerprint density at radius 1 is 1.50 bits per heavy atom. The Hall–Kier alpha value is -1.29. The quantitative estimate of drug-likeness (QED) is 0.774. The van der Waals surface area contributed by atoms with Gasteiger partial charge in [-0.3, -0.25) is 4.79 Å². The molecule has 0 atom stereocenters. The van der Waals surface area contributed by atoms with Crippen LogP contribution in [0.5, 0.6) is 0 Å². The lowest BCUT2D eigenvalue weighted by Crippen LogP contribution is -2.43. The Labute approximate surface area is 96.2 Å². The molecule has 0 aliphatic carbocycles. The fourth-order valence-electron chi connectivity index (χ4n) is 1.48. The molecule has 1 amide bonds. The summed E-state index contributed by atoms with van der Waals surface area (Å²) < 4.78 is 5.12. The van der Waals surface area contributed by atoms with Crippen LogP contribution < -0.4 is 11.1 Å². The molecular formula is C12H20N2O2. The van der Waals surface area contributed by atoms with Crippen molar-refractivity contribution < 1.29 is 9.21 Å². The Morgan fingerprint density at radius 3 is 2.69 bits per heavy atom. The normalized spacial score (nSPS) is 11.4. The highest BCUT2D eigenvalue weighted by atomic mass is 16.3. The topological polar surface area (TPSA) is 68.3 Å². The first-order valence-electron chi connectivity index (χ1n) is 5.67. The number of nitrogens with two attached hydrogens (primary N) is 1. The van der Waals surface area contributed by atoms with Gasteiger partial charge in [0.25, 0.3) is 0 Å². The largest absolute Gasteiger partial charge is 0.467 e. The summed E-state index contributed by atoms with van der Waals surface area (Å²) >= 11 is 0. The van der Waals surface area contributed by atoms with E-state index in [4.69, 9.17) is 10.2 Å². The molecule has 3 N–H and O–H groups in total. The highest BCUT2D eigenvalue weighted by Crippen LogP contribution is 2.15. The fourth-order valence-corrected chi connectivity index (χ4v) is 1.48. The number of carbonyl (C=O) groups excluding carboxylic acids is 1. The molecule has 0 fully saturated rings. The summed E-state index contributed by atoms with van der Waals surface area (Å²) in [7, 11) is 0. The van der Waals surface area contributed by atoms with Crippen molar-refractivity contribution in [2.45, 2.75) is 45.2 Å². The third-order valence-electron chi connectivity index (χ3n) is 2.96. The fraction of sp³-hybridized carbons (Fsp3) is 0.583. The van der Waals surface area contributed by atoms with Gasteiger partial charge in [0.2, 0.25) is 5.91 Å². The first-order chi connectivity index (χ1) is 7.59. The number of furan rings is 1. The lowest BCUT2D eigenvalue weighted by atomic mass is 9.90. The molecule has 1 aromatic rings. The molecule has 1 rings (SSSR count). The van der Waals surface area contributed by atoms with Crippen molar-refractivity contribution in [2.75, 3.05) is 0 Å². The van der Waals surface area contributed by atoms with Gasteiger partial charge in [-0.15, -0.1) is 0 Å². The van der Waals surface area contributed by atoms with E-state index in [-0.39, 0.29) is 11.4 Å². The Bertz CT molecular complexity index is 316. The van der Waals surface area contributed by atoms with Crippen LogP contribution in [0.1, 0.15) is 38.9 Å². The third kappa shape index (κ3) is 3.70. The van der Waals surface area contributed by atoms with Gasteiger partial charge in [-0.1, -0.05) is 13.8 Å². The van der Waals surface area contributed by atoms with Crippen molar-refractivity contribution in [3.63, 3.8) is 0 Å². The summed E-state index contributed by atoms with van der Waals surface area (Å²) in [6.45, 7) is 4.43. The summed E-state index contributed by atoms with van der Waals surface area (Å²) in [4.78, 5) is 11.6. The third-order valence-corrected chi connectivity index (χ3v) is 2.96. The molecule has 0 saturated carbocycles. The van der Waals surface area contributed by atoms with Gasteiger partial charge in [-0.2, -0.15) is 0 Å². The van der Waals surface area contributed by atoms with E-state index >= 15 is 0 Å². The molecule has 0 saturated heterocycles. The van der Waals surface area contributed by atoms with Gasteiger partial charge >= 0.3 is 0 Å². The summed E-state index contributed by atoms with van der Waals surface area (Å²) in [5, 5.41) is 2.80. The maximum atomic E-state index is 11.6. The predicted octanol–water partition coefficient (Wildman–Crippen LogP) is 1.80. The number of hydrogen-bond acceptors (Lipinski definition) is 3. The summed E-state index contributed by atoms with van der Waals surface area (Å²) in [6, 6.07) is 3.63. The van der Waals surface area contributed by atoms with Crippen LogP contribution >= 0.6 is 0 Å². The molecule has 90 valence electrons. The van der Waals surface area contributed by atoms with Crippen molar-refractivity contribution in [1.82, 2.24) is 5.32 Å². The molecule has 4 nitrogen and oxygen atoms in total. The van der Waals surface area contributed by atoms with Crippen LogP contribution in [0.4, 0.5) is 0 Å². The van der Waals surface area contributed by atoms with Crippen LogP contribution in [0, 0.1) is 0 Å². The molecular weight excluding hydrogens is 204 g/mol. The lowest BCUT2D eigenvalue weighted by molar-refractivity contribution is -0.122. The van der Waals surface area contributed by atoms with Crippen LogP contribution in [-0.2, 0) is 11.3 Å². The van der Waals surface area contributed by atoms with Gasteiger partial charge in [0.05, 0.1) is 12.8 Å².